The van der Waals surface area contributed by atoms with Gasteiger partial charge in [-0.2, -0.15) is 9.82 Å². The van der Waals surface area contributed by atoms with Crippen molar-refractivity contribution in [2.75, 3.05) is 12.8 Å². The van der Waals surface area contributed by atoms with E-state index in [9.17, 15) is 13.2 Å². The number of nitrogens with one attached hydrogen (secondary N) is 2. The lowest BCUT2D eigenvalue weighted by Crippen LogP contribution is -2.43. The number of likely N-dealkylation sites (N-methyl/N-ethyl adjacent to an activating group) is 1. The quantitative estimate of drug-likeness (QED) is 0.604. The van der Waals surface area contributed by atoms with E-state index in [0.717, 1.165) is 0 Å². The first-order valence-corrected chi connectivity index (χ1v) is 6.29. The maximum atomic E-state index is 11.9. The van der Waals surface area contributed by atoms with Crippen molar-refractivity contribution >= 4 is 21.7 Å². The minimum absolute atomic E-state index is 0.107. The molecule has 1 rings (SSSR count). The molecule has 0 saturated heterocycles. The van der Waals surface area contributed by atoms with Gasteiger partial charge in [0.2, 0.25) is 15.9 Å². The van der Waals surface area contributed by atoms with Gasteiger partial charge < -0.3 is 11.1 Å². The Labute approximate surface area is 99.2 Å². The normalized spacial score (nSPS) is 13.4. The van der Waals surface area contributed by atoms with Crippen molar-refractivity contribution in [3.63, 3.8) is 0 Å². The maximum absolute atomic E-state index is 11.9. The minimum Gasteiger partial charge on any atom is -0.381 e. The molecule has 0 aliphatic carbocycles. The van der Waals surface area contributed by atoms with Gasteiger partial charge in [0.1, 0.15) is 4.90 Å². The summed E-state index contributed by atoms with van der Waals surface area (Å²) in [7, 11) is -0.868. The summed E-state index contributed by atoms with van der Waals surface area (Å²) in [6.45, 7) is 1.43. The third-order valence-electron chi connectivity index (χ3n) is 2.08. The number of aryl methyl sites for hydroxylation is 1. The topological polar surface area (TPSA) is 119 Å². The van der Waals surface area contributed by atoms with Crippen LogP contribution in [0.15, 0.2) is 11.1 Å². The van der Waals surface area contributed by atoms with Crippen LogP contribution in [0.1, 0.15) is 6.92 Å². The molecule has 4 N–H and O–H groups in total. The Hall–Kier alpha value is -1.61. The molecular weight excluding hydrogens is 246 g/mol. The molecule has 96 valence electrons. The summed E-state index contributed by atoms with van der Waals surface area (Å²) in [5.41, 5.74) is 5.46. The van der Waals surface area contributed by atoms with Gasteiger partial charge >= 0.3 is 0 Å². The second kappa shape index (κ2) is 4.72. The number of amides is 1. The van der Waals surface area contributed by atoms with Gasteiger partial charge in [0.15, 0.2) is 5.82 Å². The number of nitrogens with zero attached hydrogens (tertiary/aromatic N) is 2. The van der Waals surface area contributed by atoms with Gasteiger partial charge in [0.25, 0.3) is 0 Å². The SMILES string of the molecule is CNC(=O)C(C)NS(=O)(=O)c1cn(C)nc1N. The van der Waals surface area contributed by atoms with Gasteiger partial charge in [-0.05, 0) is 6.92 Å². The molecule has 0 bridgehead atoms. The lowest BCUT2D eigenvalue weighted by atomic mass is 10.3. The largest absolute Gasteiger partial charge is 0.381 e. The Kier molecular flexibility index (Phi) is 3.73. The summed E-state index contributed by atoms with van der Waals surface area (Å²) >= 11 is 0. The van der Waals surface area contributed by atoms with Gasteiger partial charge in [0.05, 0.1) is 6.04 Å². The van der Waals surface area contributed by atoms with E-state index in [4.69, 9.17) is 5.73 Å². The van der Waals surface area contributed by atoms with Crippen LogP contribution in [0, 0.1) is 0 Å². The fraction of sp³-hybridized carbons (Fsp3) is 0.500. The molecule has 17 heavy (non-hydrogen) atoms. The number of rotatable bonds is 4. The molecule has 1 aromatic heterocycles. The Bertz CT molecular complexity index is 521. The van der Waals surface area contributed by atoms with Crippen molar-refractivity contribution in [2.24, 2.45) is 7.05 Å². The molecule has 0 fully saturated rings. The van der Waals surface area contributed by atoms with Crippen LogP contribution in [0.3, 0.4) is 0 Å². The number of hydrogen-bond donors (Lipinski definition) is 3. The average molecular weight is 261 g/mol. The van der Waals surface area contributed by atoms with Gasteiger partial charge in [-0.25, -0.2) is 8.42 Å². The lowest BCUT2D eigenvalue weighted by molar-refractivity contribution is -0.121. The maximum Gasteiger partial charge on any atom is 0.246 e. The Morgan fingerprint density at radius 3 is 2.59 bits per heavy atom. The molecule has 0 spiro atoms. The van der Waals surface area contributed by atoms with Gasteiger partial charge in [-0.1, -0.05) is 0 Å². The average Bonchev–Trinajstić information content (AvgIpc) is 2.56. The van der Waals surface area contributed by atoms with E-state index in [0.29, 0.717) is 0 Å². The fourth-order valence-electron chi connectivity index (χ4n) is 1.26. The van der Waals surface area contributed by atoms with E-state index in [2.05, 4.69) is 15.1 Å². The van der Waals surface area contributed by atoms with E-state index in [1.165, 1.54) is 24.9 Å². The summed E-state index contributed by atoms with van der Waals surface area (Å²) in [4.78, 5) is 11.1. The van der Waals surface area contributed by atoms with Crippen LogP contribution < -0.4 is 15.8 Å². The molecule has 0 saturated carbocycles. The highest BCUT2D eigenvalue weighted by Gasteiger charge is 2.25. The second-order valence-electron chi connectivity index (χ2n) is 3.51. The van der Waals surface area contributed by atoms with Crippen LogP contribution >= 0.6 is 0 Å². The summed E-state index contributed by atoms with van der Waals surface area (Å²) < 4.78 is 27.2. The minimum atomic E-state index is -3.84. The summed E-state index contributed by atoms with van der Waals surface area (Å²) in [5, 5.41) is 6.07. The fourth-order valence-corrected chi connectivity index (χ4v) is 2.56. The Balaban J connectivity index is 2.97. The van der Waals surface area contributed by atoms with Crippen LogP contribution in [0.2, 0.25) is 0 Å². The van der Waals surface area contributed by atoms with E-state index >= 15 is 0 Å². The highest BCUT2D eigenvalue weighted by atomic mass is 32.2. The molecule has 0 aromatic carbocycles. The number of carbonyl (C=O) groups excluding carboxylic acids is 1. The van der Waals surface area contributed by atoms with Gasteiger partial charge in [-0.3, -0.25) is 9.48 Å². The first-order chi connectivity index (χ1) is 7.77. The highest BCUT2D eigenvalue weighted by molar-refractivity contribution is 7.89. The third kappa shape index (κ3) is 2.94. The van der Waals surface area contributed by atoms with Crippen molar-refractivity contribution in [1.29, 1.82) is 0 Å². The number of aromatic nitrogens is 2. The van der Waals surface area contributed by atoms with Crippen LogP contribution in [0.25, 0.3) is 0 Å². The van der Waals surface area contributed by atoms with E-state index in [1.807, 2.05) is 0 Å². The number of nitrogen functional groups attached to an aromatic ring is 1. The molecular formula is C8H15N5O3S. The Morgan fingerprint density at radius 1 is 1.59 bits per heavy atom. The van der Waals surface area contributed by atoms with Gasteiger partial charge in [-0.15, -0.1) is 0 Å². The van der Waals surface area contributed by atoms with Crippen molar-refractivity contribution in [1.82, 2.24) is 19.8 Å². The standard InChI is InChI=1S/C8H15N5O3S/c1-5(8(14)10-2)12-17(15,16)6-4-13(3)11-7(6)9/h4-5,12H,1-3H3,(H2,9,11)(H,10,14). The molecule has 1 heterocycles. The number of nitrogens with two attached hydrogens (primary N) is 1. The zero-order chi connectivity index (χ0) is 13.2. The second-order valence-corrected chi connectivity index (χ2v) is 5.19. The predicted octanol–water partition coefficient (Wildman–Crippen LogP) is -1.58. The lowest BCUT2D eigenvalue weighted by Gasteiger charge is -2.11. The molecule has 0 aliphatic rings. The van der Waals surface area contributed by atoms with Crippen molar-refractivity contribution in [3.05, 3.63) is 6.20 Å². The zero-order valence-electron chi connectivity index (χ0n) is 9.76. The number of anilines is 1. The molecule has 8 nitrogen and oxygen atoms in total. The van der Waals surface area contributed by atoms with E-state index in [-0.39, 0.29) is 10.7 Å². The molecule has 0 aliphatic heterocycles. The number of hydrogen-bond acceptors (Lipinski definition) is 5. The molecule has 1 unspecified atom stereocenters. The third-order valence-corrected chi connectivity index (χ3v) is 3.64. The molecule has 0 radical (unpaired) electrons. The van der Waals surface area contributed by atoms with Crippen molar-refractivity contribution in [2.45, 2.75) is 17.9 Å². The zero-order valence-corrected chi connectivity index (χ0v) is 10.6. The molecule has 1 amide bonds. The van der Waals surface area contributed by atoms with Crippen LogP contribution in [-0.2, 0) is 21.9 Å². The van der Waals surface area contributed by atoms with Crippen molar-refractivity contribution in [3.8, 4) is 0 Å². The number of sulfonamides is 1. The molecule has 1 aromatic rings. The van der Waals surface area contributed by atoms with Crippen molar-refractivity contribution < 1.29 is 13.2 Å². The first-order valence-electron chi connectivity index (χ1n) is 4.81. The summed E-state index contributed by atoms with van der Waals surface area (Å²) in [6, 6.07) is -0.885. The molecule has 1 atom stereocenters. The highest BCUT2D eigenvalue weighted by Crippen LogP contribution is 2.15. The smallest absolute Gasteiger partial charge is 0.246 e. The Morgan fingerprint density at radius 2 is 2.18 bits per heavy atom. The predicted molar refractivity (Wildman–Crippen MR) is 61.5 cm³/mol. The summed E-state index contributed by atoms with van der Waals surface area (Å²) in [5.74, 6) is -0.542. The monoisotopic (exact) mass is 261 g/mol. The van der Waals surface area contributed by atoms with E-state index in [1.54, 1.807) is 7.05 Å². The van der Waals surface area contributed by atoms with Crippen LogP contribution in [0.4, 0.5) is 5.82 Å². The van der Waals surface area contributed by atoms with E-state index < -0.39 is 22.0 Å². The number of carbonyl (C=O) groups is 1. The van der Waals surface area contributed by atoms with Crippen LogP contribution in [-0.4, -0.2) is 37.2 Å². The van der Waals surface area contributed by atoms with Crippen LogP contribution in [0.5, 0.6) is 0 Å². The first kappa shape index (κ1) is 13.5. The molecule has 9 heteroatoms. The van der Waals surface area contributed by atoms with Gasteiger partial charge in [0, 0.05) is 20.3 Å². The summed E-state index contributed by atoms with van der Waals surface area (Å²) in [6.07, 6.45) is 1.27.